The second-order valence-corrected chi connectivity index (χ2v) is 6.71. The van der Waals surface area contributed by atoms with Crippen LogP contribution in [-0.4, -0.2) is 17.4 Å². The molecule has 3 rings (SSSR count). The van der Waals surface area contributed by atoms with Crippen molar-refractivity contribution in [1.82, 2.24) is 10.3 Å². The number of hydrogen-bond acceptors (Lipinski definition) is 4. The van der Waals surface area contributed by atoms with Gasteiger partial charge in [-0.1, -0.05) is 43.3 Å². The van der Waals surface area contributed by atoms with Crippen molar-refractivity contribution in [3.63, 3.8) is 0 Å². The smallest absolute Gasteiger partial charge is 0.273 e. The first kappa shape index (κ1) is 16.5. The number of oxazole rings is 1. The van der Waals surface area contributed by atoms with E-state index in [1.165, 1.54) is 5.56 Å². The van der Waals surface area contributed by atoms with Crippen LogP contribution in [0.2, 0.25) is 0 Å². The summed E-state index contributed by atoms with van der Waals surface area (Å²) in [6.07, 6.45) is 0.879. The predicted molar refractivity (Wildman–Crippen MR) is 96.4 cm³/mol. The topological polar surface area (TPSA) is 55.1 Å². The first-order valence-corrected chi connectivity index (χ1v) is 8.87. The Bertz CT molecular complexity index is 794. The van der Waals surface area contributed by atoms with Crippen LogP contribution < -0.4 is 5.32 Å². The minimum Gasteiger partial charge on any atom is -0.440 e. The third-order valence-corrected chi connectivity index (χ3v) is 4.83. The third-order valence-electron chi connectivity index (χ3n) is 3.98. The number of carbonyl (C=O) groups excluding carboxylic acids is 1. The SMILES string of the molecule is Cc1oc(-c2cccs2)nc1C(=O)NCCC(C)c1ccccc1. The van der Waals surface area contributed by atoms with E-state index in [0.717, 1.165) is 11.3 Å². The van der Waals surface area contributed by atoms with Gasteiger partial charge in [0, 0.05) is 6.54 Å². The van der Waals surface area contributed by atoms with Crippen molar-refractivity contribution in [3.8, 4) is 10.8 Å². The second kappa shape index (κ2) is 7.45. The maximum absolute atomic E-state index is 12.3. The van der Waals surface area contributed by atoms with E-state index in [1.54, 1.807) is 18.3 Å². The molecule has 24 heavy (non-hydrogen) atoms. The minimum absolute atomic E-state index is 0.181. The molecule has 0 aliphatic heterocycles. The van der Waals surface area contributed by atoms with Crippen LogP contribution in [0.15, 0.2) is 52.3 Å². The molecule has 0 radical (unpaired) electrons. The number of aryl methyl sites for hydroxylation is 1. The fourth-order valence-electron chi connectivity index (χ4n) is 2.55. The molecule has 1 unspecified atom stereocenters. The standard InChI is InChI=1S/C19H20N2O2S/c1-13(15-7-4-3-5-8-15)10-11-20-18(22)17-14(2)23-19(21-17)16-9-6-12-24-16/h3-9,12-13H,10-11H2,1-2H3,(H,20,22). The molecule has 2 heterocycles. The second-order valence-electron chi connectivity index (χ2n) is 5.76. The molecular weight excluding hydrogens is 320 g/mol. The van der Waals surface area contributed by atoms with Crippen LogP contribution in [0.3, 0.4) is 0 Å². The van der Waals surface area contributed by atoms with Gasteiger partial charge in [-0.15, -0.1) is 11.3 Å². The number of nitrogens with one attached hydrogen (secondary N) is 1. The Morgan fingerprint density at radius 3 is 2.75 bits per heavy atom. The van der Waals surface area contributed by atoms with Gasteiger partial charge >= 0.3 is 0 Å². The lowest BCUT2D eigenvalue weighted by Gasteiger charge is -2.12. The fourth-order valence-corrected chi connectivity index (χ4v) is 3.20. The number of amides is 1. The highest BCUT2D eigenvalue weighted by molar-refractivity contribution is 7.13. The molecule has 2 aromatic heterocycles. The van der Waals surface area contributed by atoms with Crippen molar-refractivity contribution < 1.29 is 9.21 Å². The van der Waals surface area contributed by atoms with Crippen LogP contribution in [0.25, 0.3) is 10.8 Å². The van der Waals surface area contributed by atoms with Crippen molar-refractivity contribution in [2.75, 3.05) is 6.54 Å². The van der Waals surface area contributed by atoms with Crippen molar-refractivity contribution in [2.24, 2.45) is 0 Å². The molecule has 0 saturated carbocycles. The highest BCUT2D eigenvalue weighted by Gasteiger charge is 2.18. The van der Waals surface area contributed by atoms with Crippen molar-refractivity contribution in [2.45, 2.75) is 26.2 Å². The number of nitrogens with zero attached hydrogens (tertiary/aromatic N) is 1. The van der Waals surface area contributed by atoms with Crippen molar-refractivity contribution in [3.05, 3.63) is 64.9 Å². The van der Waals surface area contributed by atoms with E-state index in [-0.39, 0.29) is 5.91 Å². The van der Waals surface area contributed by atoms with Crippen LogP contribution in [0.1, 0.15) is 41.1 Å². The third kappa shape index (κ3) is 3.74. The number of benzene rings is 1. The molecule has 0 aliphatic carbocycles. The Morgan fingerprint density at radius 1 is 1.25 bits per heavy atom. The number of thiophene rings is 1. The Morgan fingerprint density at radius 2 is 2.04 bits per heavy atom. The van der Waals surface area contributed by atoms with Crippen LogP contribution in [0.5, 0.6) is 0 Å². The lowest BCUT2D eigenvalue weighted by molar-refractivity contribution is 0.0947. The summed E-state index contributed by atoms with van der Waals surface area (Å²) in [4.78, 5) is 17.6. The summed E-state index contributed by atoms with van der Waals surface area (Å²) < 4.78 is 5.62. The summed E-state index contributed by atoms with van der Waals surface area (Å²) >= 11 is 1.54. The molecule has 0 saturated heterocycles. The van der Waals surface area contributed by atoms with Gasteiger partial charge in [-0.25, -0.2) is 4.98 Å². The van der Waals surface area contributed by atoms with Gasteiger partial charge in [-0.3, -0.25) is 4.79 Å². The summed E-state index contributed by atoms with van der Waals surface area (Å²) in [6.45, 7) is 4.54. The van der Waals surface area contributed by atoms with E-state index >= 15 is 0 Å². The van der Waals surface area contributed by atoms with E-state index in [2.05, 4.69) is 29.4 Å². The van der Waals surface area contributed by atoms with E-state index in [0.29, 0.717) is 29.8 Å². The quantitative estimate of drug-likeness (QED) is 0.711. The van der Waals surface area contributed by atoms with Crippen molar-refractivity contribution >= 4 is 17.2 Å². The number of hydrogen-bond donors (Lipinski definition) is 1. The highest BCUT2D eigenvalue weighted by Crippen LogP contribution is 2.26. The average molecular weight is 340 g/mol. The summed E-state index contributed by atoms with van der Waals surface area (Å²) in [5.41, 5.74) is 1.65. The zero-order valence-corrected chi connectivity index (χ0v) is 14.6. The normalized spacial score (nSPS) is 12.1. The van der Waals surface area contributed by atoms with Gasteiger partial charge in [0.05, 0.1) is 4.88 Å². The van der Waals surface area contributed by atoms with Crippen molar-refractivity contribution in [1.29, 1.82) is 0 Å². The molecule has 0 bridgehead atoms. The summed E-state index contributed by atoms with van der Waals surface area (Å²) in [5, 5.41) is 4.90. The number of carbonyl (C=O) groups is 1. The van der Waals surface area contributed by atoms with Gasteiger partial charge < -0.3 is 9.73 Å². The average Bonchev–Trinajstić information content (AvgIpc) is 3.25. The molecule has 0 aliphatic rings. The van der Waals surface area contributed by atoms with Gasteiger partial charge in [-0.05, 0) is 36.3 Å². The Kier molecular flexibility index (Phi) is 5.11. The summed E-state index contributed by atoms with van der Waals surface area (Å²) in [5.74, 6) is 1.27. The summed E-state index contributed by atoms with van der Waals surface area (Å²) in [7, 11) is 0. The first-order chi connectivity index (χ1) is 11.6. The van der Waals surface area contributed by atoms with Gasteiger partial charge in [0.15, 0.2) is 5.69 Å². The molecule has 1 amide bonds. The zero-order valence-electron chi connectivity index (χ0n) is 13.8. The van der Waals surface area contributed by atoms with E-state index in [4.69, 9.17) is 4.42 Å². The molecule has 0 fully saturated rings. The zero-order chi connectivity index (χ0) is 16.9. The Hall–Kier alpha value is -2.40. The maximum Gasteiger partial charge on any atom is 0.273 e. The Balaban J connectivity index is 1.58. The number of aromatic nitrogens is 1. The summed E-state index contributed by atoms with van der Waals surface area (Å²) in [6, 6.07) is 14.2. The van der Waals surface area contributed by atoms with Crippen LogP contribution in [0, 0.1) is 6.92 Å². The Labute approximate surface area is 145 Å². The predicted octanol–water partition coefficient (Wildman–Crippen LogP) is 4.64. The molecule has 0 spiro atoms. The molecule has 1 aromatic carbocycles. The maximum atomic E-state index is 12.3. The fraction of sp³-hybridized carbons (Fsp3) is 0.263. The van der Waals surface area contributed by atoms with E-state index in [9.17, 15) is 4.79 Å². The minimum atomic E-state index is -0.181. The number of rotatable bonds is 6. The van der Waals surface area contributed by atoms with Gasteiger partial charge in [0.25, 0.3) is 5.91 Å². The van der Waals surface area contributed by atoms with Gasteiger partial charge in [0.1, 0.15) is 5.76 Å². The molecule has 4 nitrogen and oxygen atoms in total. The molecule has 3 aromatic rings. The van der Waals surface area contributed by atoms with E-state index < -0.39 is 0 Å². The highest BCUT2D eigenvalue weighted by atomic mass is 32.1. The van der Waals surface area contributed by atoms with E-state index in [1.807, 2.05) is 35.7 Å². The lowest BCUT2D eigenvalue weighted by atomic mass is 9.98. The first-order valence-electron chi connectivity index (χ1n) is 7.99. The van der Waals surface area contributed by atoms with Crippen LogP contribution in [-0.2, 0) is 0 Å². The van der Waals surface area contributed by atoms with Gasteiger partial charge in [0.2, 0.25) is 5.89 Å². The monoisotopic (exact) mass is 340 g/mol. The molecule has 1 N–H and O–H groups in total. The van der Waals surface area contributed by atoms with Crippen LogP contribution >= 0.6 is 11.3 Å². The molecule has 5 heteroatoms. The largest absolute Gasteiger partial charge is 0.440 e. The molecule has 1 atom stereocenters. The molecular formula is C19H20N2O2S. The van der Waals surface area contributed by atoms with Gasteiger partial charge in [-0.2, -0.15) is 0 Å². The van der Waals surface area contributed by atoms with Crippen LogP contribution in [0.4, 0.5) is 0 Å². The molecule has 124 valence electrons. The lowest BCUT2D eigenvalue weighted by Crippen LogP contribution is -2.26.